The quantitative estimate of drug-likeness (QED) is 0.800. The molecule has 7 heteroatoms. The Bertz CT molecular complexity index is 817. The van der Waals surface area contributed by atoms with Crippen LogP contribution >= 0.6 is 0 Å². The molecule has 0 fully saturated rings. The highest BCUT2D eigenvalue weighted by Crippen LogP contribution is 2.19. The highest BCUT2D eigenvalue weighted by atomic mass is 16.4. The standard InChI is InChI=1S/C16H17N5O2/c1-10(2)21-9-8-13(20-21)15-18-19-16(23-15)17-14(22)12-6-4-11(3)5-7-12/h4-10H,1-3H3,(H,17,19,22). The van der Waals surface area contributed by atoms with Crippen LogP contribution in [-0.2, 0) is 0 Å². The molecule has 0 atom stereocenters. The third-order valence-corrected chi connectivity index (χ3v) is 3.32. The Balaban J connectivity index is 1.73. The van der Waals surface area contributed by atoms with Gasteiger partial charge in [-0.05, 0) is 39.0 Å². The van der Waals surface area contributed by atoms with E-state index in [0.717, 1.165) is 5.56 Å². The average molecular weight is 311 g/mol. The smallest absolute Gasteiger partial charge is 0.322 e. The van der Waals surface area contributed by atoms with Crippen LogP contribution in [0.15, 0.2) is 40.9 Å². The van der Waals surface area contributed by atoms with Gasteiger partial charge >= 0.3 is 6.01 Å². The number of rotatable bonds is 4. The summed E-state index contributed by atoms with van der Waals surface area (Å²) >= 11 is 0. The Kier molecular flexibility index (Phi) is 3.92. The van der Waals surface area contributed by atoms with E-state index in [1.165, 1.54) is 0 Å². The van der Waals surface area contributed by atoms with Gasteiger partial charge in [-0.1, -0.05) is 22.8 Å². The largest absolute Gasteiger partial charge is 0.401 e. The van der Waals surface area contributed by atoms with Gasteiger partial charge < -0.3 is 4.42 Å². The lowest BCUT2D eigenvalue weighted by atomic mass is 10.1. The lowest BCUT2D eigenvalue weighted by Crippen LogP contribution is -2.11. The number of hydrogen-bond acceptors (Lipinski definition) is 5. The summed E-state index contributed by atoms with van der Waals surface area (Å²) in [4.78, 5) is 12.1. The summed E-state index contributed by atoms with van der Waals surface area (Å²) in [7, 11) is 0. The van der Waals surface area contributed by atoms with Gasteiger partial charge in [0.05, 0.1) is 0 Å². The minimum atomic E-state index is -0.298. The average Bonchev–Trinajstić information content (AvgIpc) is 3.16. The highest BCUT2D eigenvalue weighted by molar-refractivity contribution is 6.03. The van der Waals surface area contributed by atoms with Crippen molar-refractivity contribution < 1.29 is 9.21 Å². The Labute approximate surface area is 133 Å². The van der Waals surface area contributed by atoms with Crippen molar-refractivity contribution in [1.29, 1.82) is 0 Å². The van der Waals surface area contributed by atoms with Crippen molar-refractivity contribution in [2.75, 3.05) is 5.32 Å². The van der Waals surface area contributed by atoms with Gasteiger partial charge in [-0.25, -0.2) is 0 Å². The number of aryl methyl sites for hydroxylation is 1. The van der Waals surface area contributed by atoms with Gasteiger partial charge in [0.25, 0.3) is 11.8 Å². The Morgan fingerprint density at radius 2 is 1.91 bits per heavy atom. The molecule has 0 bridgehead atoms. The third kappa shape index (κ3) is 3.28. The van der Waals surface area contributed by atoms with Crippen molar-refractivity contribution in [2.45, 2.75) is 26.8 Å². The van der Waals surface area contributed by atoms with Crippen molar-refractivity contribution in [3.63, 3.8) is 0 Å². The molecule has 118 valence electrons. The maximum atomic E-state index is 12.1. The molecule has 0 aliphatic heterocycles. The fourth-order valence-electron chi connectivity index (χ4n) is 1.99. The van der Waals surface area contributed by atoms with E-state index in [1.54, 1.807) is 22.9 Å². The fraction of sp³-hybridized carbons (Fsp3) is 0.250. The molecule has 3 rings (SSSR count). The Morgan fingerprint density at radius 3 is 2.57 bits per heavy atom. The maximum absolute atomic E-state index is 12.1. The Hall–Kier alpha value is -2.96. The summed E-state index contributed by atoms with van der Waals surface area (Å²) in [5.41, 5.74) is 2.18. The van der Waals surface area contributed by atoms with E-state index in [2.05, 4.69) is 20.6 Å². The lowest BCUT2D eigenvalue weighted by Gasteiger charge is -2.02. The van der Waals surface area contributed by atoms with Crippen LogP contribution in [0.4, 0.5) is 6.01 Å². The first-order valence-electron chi connectivity index (χ1n) is 7.30. The molecule has 7 nitrogen and oxygen atoms in total. The zero-order chi connectivity index (χ0) is 16.4. The number of nitrogens with one attached hydrogen (secondary N) is 1. The molecule has 3 aromatic rings. The van der Waals surface area contributed by atoms with Crippen LogP contribution in [0.2, 0.25) is 0 Å². The molecule has 0 aliphatic rings. The van der Waals surface area contributed by atoms with E-state index in [-0.39, 0.29) is 23.9 Å². The van der Waals surface area contributed by atoms with Gasteiger partial charge in [-0.15, -0.1) is 5.10 Å². The van der Waals surface area contributed by atoms with Crippen LogP contribution in [-0.4, -0.2) is 25.9 Å². The first kappa shape index (κ1) is 15.0. The van der Waals surface area contributed by atoms with Gasteiger partial charge in [0.15, 0.2) is 0 Å². The molecule has 0 aliphatic carbocycles. The summed E-state index contributed by atoms with van der Waals surface area (Å²) in [6.45, 7) is 6.01. The molecular formula is C16H17N5O2. The van der Waals surface area contributed by atoms with Gasteiger partial charge in [-0.3, -0.25) is 14.8 Å². The molecule has 0 radical (unpaired) electrons. The number of amides is 1. The molecule has 0 unspecified atom stereocenters. The topological polar surface area (TPSA) is 85.8 Å². The normalized spacial score (nSPS) is 11.0. The zero-order valence-corrected chi connectivity index (χ0v) is 13.1. The van der Waals surface area contributed by atoms with Gasteiger partial charge in [0.2, 0.25) is 0 Å². The SMILES string of the molecule is Cc1ccc(C(=O)Nc2nnc(-c3ccn(C(C)C)n3)o2)cc1. The van der Waals surface area contributed by atoms with Crippen LogP contribution < -0.4 is 5.32 Å². The molecule has 1 amide bonds. The van der Waals surface area contributed by atoms with Crippen LogP contribution in [0.1, 0.15) is 35.8 Å². The van der Waals surface area contributed by atoms with Crippen LogP contribution in [0.25, 0.3) is 11.6 Å². The molecule has 1 aromatic carbocycles. The monoisotopic (exact) mass is 311 g/mol. The molecule has 1 N–H and O–H groups in total. The number of nitrogens with zero attached hydrogens (tertiary/aromatic N) is 4. The minimum absolute atomic E-state index is 0.0460. The van der Waals surface area contributed by atoms with Crippen molar-refractivity contribution >= 4 is 11.9 Å². The van der Waals surface area contributed by atoms with Crippen molar-refractivity contribution in [3.8, 4) is 11.6 Å². The number of benzene rings is 1. The second kappa shape index (κ2) is 6.04. The van der Waals surface area contributed by atoms with Crippen LogP contribution in [0.5, 0.6) is 0 Å². The lowest BCUT2D eigenvalue weighted by molar-refractivity contribution is 0.102. The van der Waals surface area contributed by atoms with Gasteiger partial charge in [0, 0.05) is 17.8 Å². The van der Waals surface area contributed by atoms with Crippen molar-refractivity contribution in [3.05, 3.63) is 47.7 Å². The summed E-state index contributed by atoms with van der Waals surface area (Å²) in [6.07, 6.45) is 1.84. The number of anilines is 1. The zero-order valence-electron chi connectivity index (χ0n) is 13.1. The number of hydrogen-bond donors (Lipinski definition) is 1. The molecular weight excluding hydrogens is 294 g/mol. The number of carbonyl (C=O) groups excluding carboxylic acids is 1. The predicted molar refractivity (Wildman–Crippen MR) is 85.0 cm³/mol. The first-order chi connectivity index (χ1) is 11.0. The molecule has 23 heavy (non-hydrogen) atoms. The second-order valence-corrected chi connectivity index (χ2v) is 5.51. The van der Waals surface area contributed by atoms with Crippen molar-refractivity contribution in [2.24, 2.45) is 0 Å². The highest BCUT2D eigenvalue weighted by Gasteiger charge is 2.14. The Morgan fingerprint density at radius 1 is 1.17 bits per heavy atom. The molecule has 0 saturated heterocycles. The van der Waals surface area contributed by atoms with Crippen LogP contribution in [0.3, 0.4) is 0 Å². The van der Waals surface area contributed by atoms with Gasteiger partial charge in [-0.2, -0.15) is 5.10 Å². The van der Waals surface area contributed by atoms with Gasteiger partial charge in [0.1, 0.15) is 5.69 Å². The van der Waals surface area contributed by atoms with E-state index in [9.17, 15) is 4.79 Å². The van der Waals surface area contributed by atoms with E-state index in [1.807, 2.05) is 39.1 Å². The first-order valence-corrected chi connectivity index (χ1v) is 7.30. The summed E-state index contributed by atoms with van der Waals surface area (Å²) in [5.74, 6) is -0.0310. The van der Waals surface area contributed by atoms with Crippen molar-refractivity contribution in [1.82, 2.24) is 20.0 Å². The second-order valence-electron chi connectivity index (χ2n) is 5.51. The summed E-state index contributed by atoms with van der Waals surface area (Å²) < 4.78 is 7.24. The third-order valence-electron chi connectivity index (χ3n) is 3.32. The minimum Gasteiger partial charge on any atom is -0.401 e. The number of carbonyl (C=O) groups is 1. The van der Waals surface area contributed by atoms with E-state index >= 15 is 0 Å². The number of aromatic nitrogens is 4. The van der Waals surface area contributed by atoms with E-state index in [4.69, 9.17) is 4.42 Å². The van der Waals surface area contributed by atoms with E-state index < -0.39 is 0 Å². The fourth-order valence-corrected chi connectivity index (χ4v) is 1.99. The summed E-state index contributed by atoms with van der Waals surface area (Å²) in [5, 5.41) is 14.7. The predicted octanol–water partition coefficient (Wildman–Crippen LogP) is 3.07. The van der Waals surface area contributed by atoms with Crippen LogP contribution in [0, 0.1) is 6.92 Å². The molecule has 2 aromatic heterocycles. The molecule has 0 saturated carbocycles. The van der Waals surface area contributed by atoms with E-state index in [0.29, 0.717) is 11.3 Å². The maximum Gasteiger partial charge on any atom is 0.322 e. The molecule has 0 spiro atoms. The molecule has 2 heterocycles. The summed E-state index contributed by atoms with van der Waals surface area (Å²) in [6, 6.07) is 9.30.